The Morgan fingerprint density at radius 3 is 0.939 bits per heavy atom. The van der Waals surface area contributed by atoms with Crippen LogP contribution in [0, 0.1) is 5.41 Å². The molecule has 0 bridgehead atoms. The maximum Gasteiger partial charge on any atom is 0.324 e. The molecule has 3 rings (SSSR count). The highest BCUT2D eigenvalue weighted by molar-refractivity contribution is 5.69. The molecule has 0 spiro atoms. The summed E-state index contributed by atoms with van der Waals surface area (Å²) in [5, 5.41) is 30.9. The van der Waals surface area contributed by atoms with E-state index >= 15 is 0 Å². The third kappa shape index (κ3) is 17.3. The molecule has 3 fully saturated rings. The first-order valence-corrected chi connectivity index (χ1v) is 11.4. The Labute approximate surface area is 195 Å². The van der Waals surface area contributed by atoms with Gasteiger partial charge in [-0.05, 0) is 6.42 Å². The van der Waals surface area contributed by atoms with Gasteiger partial charge in [0.1, 0.15) is 0 Å². The van der Waals surface area contributed by atoms with E-state index in [0.29, 0.717) is 25.7 Å². The molecule has 3 saturated heterocycles. The molecule has 0 radical (unpaired) electrons. The zero-order chi connectivity index (χ0) is 25.3. The van der Waals surface area contributed by atoms with Crippen molar-refractivity contribution in [1.82, 2.24) is 15.2 Å². The Morgan fingerprint density at radius 2 is 0.848 bits per heavy atom. The molecule has 0 amide bonds. The van der Waals surface area contributed by atoms with Gasteiger partial charge in [-0.2, -0.15) is 0 Å². The van der Waals surface area contributed by atoms with Gasteiger partial charge in [0, 0.05) is 24.7 Å². The summed E-state index contributed by atoms with van der Waals surface area (Å²) >= 11 is 0. The van der Waals surface area contributed by atoms with E-state index in [4.69, 9.17) is 29.8 Å². The van der Waals surface area contributed by atoms with Crippen LogP contribution in [-0.2, 0) is 28.9 Å². The predicted octanol–water partition coefficient (Wildman–Crippen LogP) is -0.130. The number of hydrogen-bond donors (Lipinski definition) is 3. The number of rotatable bonds is 10. The van der Waals surface area contributed by atoms with Gasteiger partial charge in [0.25, 0.3) is 0 Å². The molecule has 0 aliphatic carbocycles. The van der Waals surface area contributed by atoms with Gasteiger partial charge in [-0.25, -0.2) is 0 Å². The molecule has 3 heterocycles. The van der Waals surface area contributed by atoms with E-state index in [1.165, 1.54) is 0 Å². The molecule has 3 aliphatic rings. The molecule has 12 heteroatoms. The Kier molecular flexibility index (Phi) is 16.6. The van der Waals surface area contributed by atoms with E-state index in [-0.39, 0.29) is 37.7 Å². The van der Waals surface area contributed by atoms with Crippen molar-refractivity contribution < 1.29 is 44.2 Å². The van der Waals surface area contributed by atoms with Crippen LogP contribution in [0.5, 0.6) is 0 Å². The monoisotopic (exact) mass is 479 g/mol. The zero-order valence-corrected chi connectivity index (χ0v) is 20.3. The molecule has 0 aromatic heterocycles. The number of carbonyl (C=O) groups is 3. The fourth-order valence-electron chi connectivity index (χ4n) is 1.51. The van der Waals surface area contributed by atoms with E-state index in [1.54, 1.807) is 36.0 Å². The van der Waals surface area contributed by atoms with Gasteiger partial charge in [-0.1, -0.05) is 27.7 Å². The Bertz CT molecular complexity index is 482. The molecule has 12 nitrogen and oxygen atoms in total. The largest absolute Gasteiger partial charge is 0.396 e. The van der Waals surface area contributed by atoms with Crippen molar-refractivity contribution in [2.24, 2.45) is 5.41 Å². The smallest absolute Gasteiger partial charge is 0.324 e. The lowest BCUT2D eigenvalue weighted by Gasteiger charge is -2.24. The Balaban J connectivity index is 0.000000414. The summed E-state index contributed by atoms with van der Waals surface area (Å²) in [4.78, 5) is 45.3. The Morgan fingerprint density at radius 1 is 0.606 bits per heavy atom. The first kappa shape index (κ1) is 31.2. The number of aliphatic hydroxyl groups excluding tert-OH is 3. The summed E-state index contributed by atoms with van der Waals surface area (Å²) in [5.74, 6) is -0.410. The number of aliphatic hydroxyl groups is 3. The molecule has 0 saturated carbocycles. The lowest BCUT2D eigenvalue weighted by Crippen LogP contribution is -2.32. The average molecular weight is 480 g/mol. The van der Waals surface area contributed by atoms with Gasteiger partial charge in [0.2, 0.25) is 0 Å². The van der Waals surface area contributed by atoms with Gasteiger partial charge >= 0.3 is 17.9 Å². The minimum absolute atomic E-state index is 0.137. The molecule has 33 heavy (non-hydrogen) atoms. The Hall–Kier alpha value is -1.83. The van der Waals surface area contributed by atoms with Crippen LogP contribution in [0.1, 0.15) is 53.4 Å². The van der Waals surface area contributed by atoms with Crippen LogP contribution >= 0.6 is 0 Å². The van der Waals surface area contributed by atoms with Gasteiger partial charge in [0.15, 0.2) is 0 Å². The van der Waals surface area contributed by atoms with E-state index in [1.807, 2.05) is 6.92 Å². The fraction of sp³-hybridized carbons (Fsp3) is 0.857. The molecule has 0 atom stereocenters. The highest BCUT2D eigenvalue weighted by atomic mass is 16.7. The standard InChI is InChI=1S/C6H14O3.3C5H9NO2/c1-2-6(3-7,4-8)5-9;3*1-2-5(7)8-6-3-4-6/h7-9H,2-5H2,1H3;3*2-4H2,1H3. The molecule has 0 aromatic carbocycles. The van der Waals surface area contributed by atoms with Crippen LogP contribution in [0.15, 0.2) is 0 Å². The maximum atomic E-state index is 10.4. The third-order valence-corrected chi connectivity index (χ3v) is 4.53. The fourth-order valence-corrected chi connectivity index (χ4v) is 1.51. The first-order chi connectivity index (χ1) is 15.7. The summed E-state index contributed by atoms with van der Waals surface area (Å²) in [6, 6.07) is 0. The molecule has 0 unspecified atom stereocenters. The molecule has 194 valence electrons. The third-order valence-electron chi connectivity index (χ3n) is 4.53. The van der Waals surface area contributed by atoms with E-state index in [9.17, 15) is 14.4 Å². The molecular formula is C21H41N3O9. The second kappa shape index (κ2) is 17.6. The predicted molar refractivity (Wildman–Crippen MR) is 118 cm³/mol. The summed E-state index contributed by atoms with van der Waals surface area (Å²) in [6.07, 6.45) is 2.00. The van der Waals surface area contributed by atoms with E-state index < -0.39 is 5.41 Å². The van der Waals surface area contributed by atoms with Crippen LogP contribution < -0.4 is 0 Å². The normalized spacial score (nSPS) is 16.5. The number of hydrogen-bond acceptors (Lipinski definition) is 12. The quantitative estimate of drug-likeness (QED) is 0.358. The van der Waals surface area contributed by atoms with Crippen LogP contribution in [0.25, 0.3) is 0 Å². The van der Waals surface area contributed by atoms with Crippen molar-refractivity contribution >= 4 is 17.9 Å². The topological polar surface area (TPSA) is 149 Å². The van der Waals surface area contributed by atoms with Crippen molar-refractivity contribution in [3.63, 3.8) is 0 Å². The highest BCUT2D eigenvalue weighted by Gasteiger charge is 2.25. The van der Waals surface area contributed by atoms with E-state index in [0.717, 1.165) is 39.3 Å². The lowest BCUT2D eigenvalue weighted by molar-refractivity contribution is -0.166. The lowest BCUT2D eigenvalue weighted by atomic mass is 9.88. The van der Waals surface area contributed by atoms with Crippen LogP contribution in [0.3, 0.4) is 0 Å². The van der Waals surface area contributed by atoms with Crippen molar-refractivity contribution in [2.45, 2.75) is 53.4 Å². The van der Waals surface area contributed by atoms with Crippen molar-refractivity contribution in [3.8, 4) is 0 Å². The van der Waals surface area contributed by atoms with Crippen molar-refractivity contribution in [2.75, 3.05) is 59.1 Å². The number of carbonyl (C=O) groups excluding carboxylic acids is 3. The van der Waals surface area contributed by atoms with Crippen LogP contribution in [0.4, 0.5) is 0 Å². The first-order valence-electron chi connectivity index (χ1n) is 11.4. The van der Waals surface area contributed by atoms with Gasteiger partial charge in [-0.15, -0.1) is 15.2 Å². The molecular weight excluding hydrogens is 438 g/mol. The van der Waals surface area contributed by atoms with Gasteiger partial charge in [0.05, 0.1) is 59.1 Å². The number of hydroxylamine groups is 6. The van der Waals surface area contributed by atoms with Gasteiger partial charge < -0.3 is 29.8 Å². The zero-order valence-electron chi connectivity index (χ0n) is 20.3. The summed E-state index contributed by atoms with van der Waals surface area (Å²) in [5.41, 5.74) is -0.667. The molecule has 3 aliphatic heterocycles. The van der Waals surface area contributed by atoms with Crippen molar-refractivity contribution in [3.05, 3.63) is 0 Å². The SMILES string of the molecule is CCC(=O)ON1CC1.CCC(=O)ON1CC1.CCC(=O)ON1CC1.CCC(CO)(CO)CO. The van der Waals surface area contributed by atoms with E-state index in [2.05, 4.69) is 0 Å². The molecule has 3 N–H and O–H groups in total. The highest BCUT2D eigenvalue weighted by Crippen LogP contribution is 2.18. The average Bonchev–Trinajstić information content (AvgIpc) is 3.66. The summed E-state index contributed by atoms with van der Waals surface area (Å²) in [7, 11) is 0. The second-order valence-corrected chi connectivity index (χ2v) is 7.57. The number of nitrogens with zero attached hydrogens (tertiary/aromatic N) is 3. The minimum Gasteiger partial charge on any atom is -0.396 e. The van der Waals surface area contributed by atoms with Crippen LogP contribution in [-0.4, -0.2) is 108 Å². The molecule has 0 aromatic rings. The minimum atomic E-state index is -0.667. The summed E-state index contributed by atoms with van der Waals surface area (Å²) in [6.45, 7) is 12.2. The maximum absolute atomic E-state index is 10.4. The van der Waals surface area contributed by atoms with Crippen LogP contribution in [0.2, 0.25) is 0 Å². The summed E-state index contributed by atoms with van der Waals surface area (Å²) < 4.78 is 0. The van der Waals surface area contributed by atoms with Gasteiger partial charge in [-0.3, -0.25) is 14.4 Å². The van der Waals surface area contributed by atoms with Crippen molar-refractivity contribution in [1.29, 1.82) is 0 Å². The second-order valence-electron chi connectivity index (χ2n) is 7.57.